The largest absolute Gasteiger partial charge is 0.504 e. The molecule has 1 heterocycles. The zero-order chi connectivity index (χ0) is 21.7. The molecule has 0 saturated carbocycles. The predicted octanol–water partition coefficient (Wildman–Crippen LogP) is 3.61. The summed E-state index contributed by atoms with van der Waals surface area (Å²) in [6, 6.07) is 11.6. The fraction of sp³-hybridized carbons (Fsp3) is 0.200. The van der Waals surface area contributed by atoms with Crippen molar-refractivity contribution >= 4 is 32.7 Å². The van der Waals surface area contributed by atoms with Crippen molar-refractivity contribution in [3.63, 3.8) is 0 Å². The van der Waals surface area contributed by atoms with Gasteiger partial charge >= 0.3 is 0 Å². The number of anilines is 1. The minimum absolute atomic E-state index is 0.0741. The molecule has 0 aliphatic rings. The second kappa shape index (κ2) is 9.24. The first-order valence-corrected chi connectivity index (χ1v) is 11.4. The Hall–Kier alpha value is -2.95. The Kier molecular flexibility index (Phi) is 6.70. The van der Waals surface area contributed by atoms with Crippen LogP contribution in [0.25, 0.3) is 11.3 Å². The first kappa shape index (κ1) is 21.8. The SMILES string of the molecule is CCOc1cc(/C=N/Nc2nc(-c3cccc(S(=O)(=O)N(C)C)c3)cs2)ccc1O. The molecule has 2 N–H and O–H groups in total. The summed E-state index contributed by atoms with van der Waals surface area (Å²) in [5.74, 6) is 0.468. The third kappa shape index (κ3) is 4.96. The first-order chi connectivity index (χ1) is 14.3. The van der Waals surface area contributed by atoms with Gasteiger partial charge < -0.3 is 9.84 Å². The molecule has 3 aromatic rings. The molecule has 10 heteroatoms. The maximum Gasteiger partial charge on any atom is 0.242 e. The molecule has 0 saturated heterocycles. The Morgan fingerprint density at radius 1 is 1.27 bits per heavy atom. The molecule has 30 heavy (non-hydrogen) atoms. The van der Waals surface area contributed by atoms with Crippen LogP contribution < -0.4 is 10.2 Å². The highest BCUT2D eigenvalue weighted by Crippen LogP contribution is 2.28. The fourth-order valence-corrected chi connectivity index (χ4v) is 4.15. The molecule has 0 atom stereocenters. The topological polar surface area (TPSA) is 104 Å². The molecule has 3 rings (SSSR count). The van der Waals surface area contributed by atoms with E-state index in [2.05, 4.69) is 15.5 Å². The van der Waals surface area contributed by atoms with E-state index in [0.717, 1.165) is 5.56 Å². The highest BCUT2D eigenvalue weighted by molar-refractivity contribution is 7.89. The van der Waals surface area contributed by atoms with Crippen molar-refractivity contribution in [2.75, 3.05) is 26.1 Å². The summed E-state index contributed by atoms with van der Waals surface area (Å²) in [6.45, 7) is 2.29. The van der Waals surface area contributed by atoms with Crippen LogP contribution in [0.15, 0.2) is 57.8 Å². The number of aromatic nitrogens is 1. The maximum absolute atomic E-state index is 12.3. The normalized spacial score (nSPS) is 11.9. The predicted molar refractivity (Wildman–Crippen MR) is 119 cm³/mol. The second-order valence-electron chi connectivity index (χ2n) is 6.38. The summed E-state index contributed by atoms with van der Waals surface area (Å²) in [4.78, 5) is 4.67. The van der Waals surface area contributed by atoms with E-state index >= 15 is 0 Å². The zero-order valence-electron chi connectivity index (χ0n) is 16.7. The number of phenols is 1. The van der Waals surface area contributed by atoms with Gasteiger partial charge in [-0.25, -0.2) is 17.7 Å². The summed E-state index contributed by atoms with van der Waals surface area (Å²) in [5.41, 5.74) is 4.96. The molecule has 0 fully saturated rings. The van der Waals surface area contributed by atoms with Gasteiger partial charge in [0.2, 0.25) is 15.2 Å². The zero-order valence-corrected chi connectivity index (χ0v) is 18.4. The number of nitrogens with one attached hydrogen (secondary N) is 1. The van der Waals surface area contributed by atoms with E-state index in [9.17, 15) is 13.5 Å². The van der Waals surface area contributed by atoms with E-state index in [1.54, 1.807) is 42.6 Å². The molecule has 0 bridgehead atoms. The van der Waals surface area contributed by atoms with E-state index in [4.69, 9.17) is 4.74 Å². The lowest BCUT2D eigenvalue weighted by Gasteiger charge is -2.11. The molecule has 2 aromatic carbocycles. The number of thiazole rings is 1. The summed E-state index contributed by atoms with van der Waals surface area (Å²) < 4.78 is 31.2. The number of aromatic hydroxyl groups is 1. The Balaban J connectivity index is 1.73. The van der Waals surface area contributed by atoms with E-state index in [-0.39, 0.29) is 10.6 Å². The molecular formula is C20H22N4O4S2. The fourth-order valence-electron chi connectivity index (χ4n) is 2.53. The lowest BCUT2D eigenvalue weighted by atomic mass is 10.2. The van der Waals surface area contributed by atoms with Crippen molar-refractivity contribution in [1.82, 2.24) is 9.29 Å². The van der Waals surface area contributed by atoms with Crippen molar-refractivity contribution in [2.24, 2.45) is 5.10 Å². The number of hydrazone groups is 1. The highest BCUT2D eigenvalue weighted by atomic mass is 32.2. The number of benzene rings is 2. The molecule has 0 unspecified atom stereocenters. The van der Waals surface area contributed by atoms with Gasteiger partial charge in [-0.1, -0.05) is 12.1 Å². The molecule has 1 aromatic heterocycles. The highest BCUT2D eigenvalue weighted by Gasteiger charge is 2.18. The average molecular weight is 447 g/mol. The molecule has 0 aliphatic heterocycles. The number of hydrogen-bond donors (Lipinski definition) is 2. The van der Waals surface area contributed by atoms with Gasteiger partial charge in [-0.3, -0.25) is 5.43 Å². The van der Waals surface area contributed by atoms with Crippen molar-refractivity contribution in [1.29, 1.82) is 0 Å². The van der Waals surface area contributed by atoms with Crippen LogP contribution >= 0.6 is 11.3 Å². The van der Waals surface area contributed by atoms with Gasteiger partial charge in [-0.15, -0.1) is 11.3 Å². The molecular weight excluding hydrogens is 424 g/mol. The number of phenolic OH excluding ortho intramolecular Hbond substituents is 1. The second-order valence-corrected chi connectivity index (χ2v) is 9.39. The lowest BCUT2D eigenvalue weighted by Crippen LogP contribution is -2.22. The molecule has 0 spiro atoms. The van der Waals surface area contributed by atoms with Crippen LogP contribution in [-0.2, 0) is 10.0 Å². The van der Waals surface area contributed by atoms with Crippen LogP contribution in [0.3, 0.4) is 0 Å². The Bertz CT molecular complexity index is 1160. The van der Waals surface area contributed by atoms with Gasteiger partial charge in [-0.2, -0.15) is 5.10 Å². The number of hydrogen-bond acceptors (Lipinski definition) is 8. The molecule has 0 aliphatic carbocycles. The molecule has 0 radical (unpaired) electrons. The number of rotatable bonds is 8. The number of nitrogens with zero attached hydrogens (tertiary/aromatic N) is 3. The van der Waals surface area contributed by atoms with Crippen LogP contribution in [0.2, 0.25) is 0 Å². The van der Waals surface area contributed by atoms with Gasteiger partial charge in [-0.05, 0) is 42.8 Å². The summed E-state index contributed by atoms with van der Waals surface area (Å²) in [6.07, 6.45) is 1.59. The van der Waals surface area contributed by atoms with Crippen molar-refractivity contribution in [2.45, 2.75) is 11.8 Å². The van der Waals surface area contributed by atoms with Crippen LogP contribution in [0.1, 0.15) is 12.5 Å². The quantitative estimate of drug-likeness (QED) is 0.405. The van der Waals surface area contributed by atoms with Gasteiger partial charge in [0.15, 0.2) is 11.5 Å². The smallest absolute Gasteiger partial charge is 0.242 e. The van der Waals surface area contributed by atoms with Gasteiger partial charge in [0.25, 0.3) is 0 Å². The van der Waals surface area contributed by atoms with E-state index in [1.807, 2.05) is 18.4 Å². The third-order valence-corrected chi connectivity index (χ3v) is 6.63. The van der Waals surface area contributed by atoms with Crippen molar-refractivity contribution in [3.8, 4) is 22.8 Å². The Morgan fingerprint density at radius 2 is 2.07 bits per heavy atom. The number of ether oxygens (including phenoxy) is 1. The number of sulfonamides is 1. The summed E-state index contributed by atoms with van der Waals surface area (Å²) in [5, 5.41) is 16.3. The van der Waals surface area contributed by atoms with Crippen LogP contribution in [0.5, 0.6) is 11.5 Å². The van der Waals surface area contributed by atoms with Crippen LogP contribution in [-0.4, -0.2) is 49.7 Å². The van der Waals surface area contributed by atoms with Crippen molar-refractivity contribution in [3.05, 3.63) is 53.4 Å². The van der Waals surface area contributed by atoms with Gasteiger partial charge in [0.1, 0.15) is 0 Å². The van der Waals surface area contributed by atoms with E-state index < -0.39 is 10.0 Å². The molecule has 0 amide bonds. The van der Waals surface area contributed by atoms with Gasteiger partial charge in [0, 0.05) is 25.0 Å². The molecule has 158 valence electrons. The monoisotopic (exact) mass is 446 g/mol. The van der Waals surface area contributed by atoms with E-state index in [0.29, 0.717) is 28.7 Å². The average Bonchev–Trinajstić information content (AvgIpc) is 3.19. The first-order valence-electron chi connectivity index (χ1n) is 9.04. The summed E-state index contributed by atoms with van der Waals surface area (Å²) in [7, 11) is -0.522. The molecule has 8 nitrogen and oxygen atoms in total. The van der Waals surface area contributed by atoms with Crippen molar-refractivity contribution < 1.29 is 18.3 Å². The van der Waals surface area contributed by atoms with Gasteiger partial charge in [0.05, 0.1) is 23.4 Å². The summed E-state index contributed by atoms with van der Waals surface area (Å²) >= 11 is 1.35. The Labute approximate surface area is 179 Å². The minimum atomic E-state index is -3.51. The van der Waals surface area contributed by atoms with Crippen LogP contribution in [0, 0.1) is 0 Å². The maximum atomic E-state index is 12.3. The standard InChI is InChI=1S/C20H22N4O4S2/c1-4-28-19-10-14(8-9-18(19)25)12-21-23-20-22-17(13-29-20)15-6-5-7-16(11-15)30(26,27)24(2)3/h5-13,25H,4H2,1-3H3,(H,22,23)/b21-12+. The lowest BCUT2D eigenvalue weighted by molar-refractivity contribution is 0.318. The Morgan fingerprint density at radius 3 is 2.80 bits per heavy atom. The minimum Gasteiger partial charge on any atom is -0.504 e. The van der Waals surface area contributed by atoms with Crippen LogP contribution in [0.4, 0.5) is 5.13 Å². The third-order valence-electron chi connectivity index (χ3n) is 4.07. The van der Waals surface area contributed by atoms with E-state index in [1.165, 1.54) is 29.7 Å².